The Balaban J connectivity index is 2.20. The predicted molar refractivity (Wildman–Crippen MR) is 67.8 cm³/mol. The van der Waals surface area contributed by atoms with Crippen LogP contribution in [0.5, 0.6) is 0 Å². The Morgan fingerprint density at radius 2 is 2.24 bits per heavy atom. The summed E-state index contributed by atoms with van der Waals surface area (Å²) in [5.74, 6) is 0.216. The van der Waals surface area contributed by atoms with Gasteiger partial charge in [-0.2, -0.15) is 10.1 Å². The predicted octanol–water partition coefficient (Wildman–Crippen LogP) is 2.14. The van der Waals surface area contributed by atoms with Crippen molar-refractivity contribution in [2.75, 3.05) is 5.32 Å². The number of hydrogen-bond acceptors (Lipinski definition) is 3. The van der Waals surface area contributed by atoms with Crippen molar-refractivity contribution in [2.45, 2.75) is 6.92 Å². The van der Waals surface area contributed by atoms with Crippen LogP contribution in [-0.4, -0.2) is 20.7 Å². The molecule has 0 aliphatic carbocycles. The number of benzene rings is 1. The molecule has 6 heteroatoms. The summed E-state index contributed by atoms with van der Waals surface area (Å²) in [4.78, 5) is 15.8. The highest BCUT2D eigenvalue weighted by Crippen LogP contribution is 2.18. The van der Waals surface area contributed by atoms with E-state index >= 15 is 0 Å². The molecule has 0 unspecified atom stereocenters. The van der Waals surface area contributed by atoms with Crippen molar-refractivity contribution in [3.8, 4) is 0 Å². The fraction of sp³-hybridized carbons (Fsp3) is 0.182. The van der Waals surface area contributed by atoms with Crippen LogP contribution in [-0.2, 0) is 7.05 Å². The van der Waals surface area contributed by atoms with E-state index < -0.39 is 0 Å². The molecule has 1 N–H and O–H groups in total. The number of carbonyl (C=O) groups excluding carboxylic acids is 1. The van der Waals surface area contributed by atoms with Crippen LogP contribution in [0, 0.1) is 6.92 Å². The summed E-state index contributed by atoms with van der Waals surface area (Å²) in [5, 5.41) is 6.56. The Hall–Kier alpha value is -1.69. The van der Waals surface area contributed by atoms with Gasteiger partial charge in [0.15, 0.2) is 0 Å². The Kier molecular flexibility index (Phi) is 3.23. The average molecular weight is 295 g/mol. The minimum absolute atomic E-state index is 0.207. The van der Waals surface area contributed by atoms with Crippen molar-refractivity contribution in [3.63, 3.8) is 0 Å². The number of anilines is 1. The van der Waals surface area contributed by atoms with Gasteiger partial charge in [-0.1, -0.05) is 22.0 Å². The Morgan fingerprint density at radius 1 is 1.47 bits per heavy atom. The number of rotatable bonds is 2. The van der Waals surface area contributed by atoms with Crippen molar-refractivity contribution in [2.24, 2.45) is 7.05 Å². The maximum absolute atomic E-state index is 11.9. The first-order valence-corrected chi connectivity index (χ1v) is 5.78. The number of amides is 1. The van der Waals surface area contributed by atoms with E-state index in [1.165, 1.54) is 11.0 Å². The third kappa shape index (κ3) is 2.52. The molecule has 0 saturated heterocycles. The second-order valence-corrected chi connectivity index (χ2v) is 4.48. The zero-order valence-corrected chi connectivity index (χ0v) is 11.0. The lowest BCUT2D eigenvalue weighted by Crippen LogP contribution is -2.15. The summed E-state index contributed by atoms with van der Waals surface area (Å²) in [6.45, 7) is 1.97. The maximum Gasteiger partial charge on any atom is 0.258 e. The highest BCUT2D eigenvalue weighted by atomic mass is 79.9. The van der Waals surface area contributed by atoms with Gasteiger partial charge in [-0.05, 0) is 24.6 Å². The molecule has 1 aromatic carbocycles. The molecule has 0 radical (unpaired) electrons. The summed E-state index contributed by atoms with van der Waals surface area (Å²) in [7, 11) is 1.72. The molecular weight excluding hydrogens is 284 g/mol. The molecule has 1 heterocycles. The van der Waals surface area contributed by atoms with Crippen molar-refractivity contribution >= 4 is 27.8 Å². The van der Waals surface area contributed by atoms with E-state index in [0.717, 1.165) is 10.0 Å². The second-order valence-electron chi connectivity index (χ2n) is 3.63. The minimum atomic E-state index is -0.207. The van der Waals surface area contributed by atoms with E-state index in [-0.39, 0.29) is 5.91 Å². The first kappa shape index (κ1) is 11.8. The van der Waals surface area contributed by atoms with Crippen LogP contribution in [0.4, 0.5) is 5.95 Å². The van der Waals surface area contributed by atoms with Gasteiger partial charge >= 0.3 is 0 Å². The molecule has 0 bridgehead atoms. The molecular formula is C11H11BrN4O. The first-order chi connectivity index (χ1) is 8.08. The van der Waals surface area contributed by atoms with Crippen molar-refractivity contribution in [3.05, 3.63) is 40.1 Å². The average Bonchev–Trinajstić information content (AvgIpc) is 2.68. The van der Waals surface area contributed by atoms with Crippen molar-refractivity contribution in [1.29, 1.82) is 0 Å². The number of aromatic nitrogens is 3. The molecule has 0 atom stereocenters. The molecule has 88 valence electrons. The van der Waals surface area contributed by atoms with Gasteiger partial charge in [0.1, 0.15) is 6.33 Å². The van der Waals surface area contributed by atoms with Crippen LogP contribution >= 0.6 is 15.9 Å². The van der Waals surface area contributed by atoms with E-state index in [1.807, 2.05) is 13.0 Å². The number of nitrogens with zero attached hydrogens (tertiary/aromatic N) is 3. The number of hydrogen-bond donors (Lipinski definition) is 1. The lowest BCUT2D eigenvalue weighted by Gasteiger charge is -2.05. The van der Waals surface area contributed by atoms with E-state index in [9.17, 15) is 4.79 Å². The van der Waals surface area contributed by atoms with Gasteiger partial charge in [0.2, 0.25) is 5.95 Å². The van der Waals surface area contributed by atoms with E-state index in [2.05, 4.69) is 31.3 Å². The lowest BCUT2D eigenvalue weighted by molar-refractivity contribution is 0.102. The maximum atomic E-state index is 11.9. The lowest BCUT2D eigenvalue weighted by atomic mass is 10.1. The van der Waals surface area contributed by atoms with Crippen LogP contribution in [0.3, 0.4) is 0 Å². The number of carbonyl (C=O) groups is 1. The number of halogens is 1. The topological polar surface area (TPSA) is 59.8 Å². The van der Waals surface area contributed by atoms with Gasteiger partial charge < -0.3 is 0 Å². The molecule has 5 nitrogen and oxygen atoms in total. The normalized spacial score (nSPS) is 10.3. The van der Waals surface area contributed by atoms with Gasteiger partial charge in [-0.15, -0.1) is 0 Å². The quantitative estimate of drug-likeness (QED) is 0.923. The summed E-state index contributed by atoms with van der Waals surface area (Å²) in [6.07, 6.45) is 1.39. The smallest absolute Gasteiger partial charge is 0.258 e. The Morgan fingerprint density at radius 3 is 2.82 bits per heavy atom. The van der Waals surface area contributed by atoms with Crippen LogP contribution in [0.25, 0.3) is 0 Å². The first-order valence-electron chi connectivity index (χ1n) is 4.99. The summed E-state index contributed by atoms with van der Waals surface area (Å²) in [6, 6.07) is 5.43. The molecule has 0 aliphatic heterocycles. The molecule has 0 fully saturated rings. The van der Waals surface area contributed by atoms with E-state index in [0.29, 0.717) is 11.5 Å². The van der Waals surface area contributed by atoms with Crippen molar-refractivity contribution < 1.29 is 4.79 Å². The van der Waals surface area contributed by atoms with Crippen molar-refractivity contribution in [1.82, 2.24) is 14.8 Å². The molecule has 2 aromatic rings. The van der Waals surface area contributed by atoms with Crippen LogP contribution in [0.15, 0.2) is 29.0 Å². The van der Waals surface area contributed by atoms with Gasteiger partial charge in [-0.25, -0.2) is 4.68 Å². The molecule has 0 spiro atoms. The highest BCUT2D eigenvalue weighted by Gasteiger charge is 2.10. The van der Waals surface area contributed by atoms with Gasteiger partial charge in [0, 0.05) is 17.1 Å². The number of aryl methyl sites for hydroxylation is 2. The second kappa shape index (κ2) is 4.67. The van der Waals surface area contributed by atoms with Gasteiger partial charge in [-0.3, -0.25) is 10.1 Å². The summed E-state index contributed by atoms with van der Waals surface area (Å²) in [5.41, 5.74) is 1.66. The zero-order chi connectivity index (χ0) is 12.4. The third-order valence-corrected chi connectivity index (χ3v) is 3.23. The summed E-state index contributed by atoms with van der Waals surface area (Å²) < 4.78 is 2.41. The minimum Gasteiger partial charge on any atom is -0.291 e. The Bertz CT molecular complexity index is 564. The van der Waals surface area contributed by atoms with Crippen LogP contribution in [0.2, 0.25) is 0 Å². The monoisotopic (exact) mass is 294 g/mol. The largest absolute Gasteiger partial charge is 0.291 e. The molecule has 1 aromatic heterocycles. The highest BCUT2D eigenvalue weighted by molar-refractivity contribution is 9.10. The summed E-state index contributed by atoms with van der Waals surface area (Å²) >= 11 is 3.39. The van der Waals surface area contributed by atoms with E-state index in [1.54, 1.807) is 19.2 Å². The van der Waals surface area contributed by atoms with E-state index in [4.69, 9.17) is 0 Å². The van der Waals surface area contributed by atoms with Crippen LogP contribution in [0.1, 0.15) is 15.9 Å². The van der Waals surface area contributed by atoms with Gasteiger partial charge in [0.05, 0.1) is 0 Å². The number of nitrogens with one attached hydrogen (secondary N) is 1. The molecule has 2 rings (SSSR count). The van der Waals surface area contributed by atoms with Crippen LogP contribution < -0.4 is 5.32 Å². The molecule has 0 saturated carbocycles. The fourth-order valence-corrected chi connectivity index (χ4v) is 1.70. The third-order valence-electron chi connectivity index (χ3n) is 2.37. The Labute approximate surface area is 107 Å². The SMILES string of the molecule is Cc1ccc(C(=O)Nc2ncnn2C)cc1Br. The fourth-order valence-electron chi connectivity index (χ4n) is 1.32. The molecule has 17 heavy (non-hydrogen) atoms. The molecule has 0 aliphatic rings. The standard InChI is InChI=1S/C11H11BrN4O/c1-7-3-4-8(5-9(7)12)10(17)15-11-13-6-14-16(11)2/h3-6H,1-2H3,(H,13,14,15,17). The van der Waals surface area contributed by atoms with Gasteiger partial charge in [0.25, 0.3) is 5.91 Å². The zero-order valence-electron chi connectivity index (χ0n) is 9.44. The molecule has 1 amide bonds.